The standard InChI is InChI=1S/C33H27N/c1-33(2)29-14-8-6-12-25(29)27-20-28-26-13-7-9-15-31(26)34(32(28)21-30(27)33)24-18-16-23(17-19-24)22-10-4-3-5-11-22/h3-18,20-21,24H,19H2,1-2H3. The SMILES string of the molecule is CC1(C)c2ccccc2-c2cc3c4ccccc4n(C4C=CC(c5ccccc5)=CC4)c3cc21. The zero-order chi connectivity index (χ0) is 22.9. The summed E-state index contributed by atoms with van der Waals surface area (Å²) in [7, 11) is 0. The molecule has 1 unspecified atom stereocenters. The Balaban J connectivity index is 1.43. The molecule has 4 aromatic carbocycles. The highest BCUT2D eigenvalue weighted by Gasteiger charge is 2.36. The average molecular weight is 438 g/mol. The van der Waals surface area contributed by atoms with Crippen LogP contribution in [0.15, 0.2) is 109 Å². The first-order chi connectivity index (χ1) is 16.6. The lowest BCUT2D eigenvalue weighted by Gasteiger charge is -2.23. The molecular formula is C33H27N. The van der Waals surface area contributed by atoms with Gasteiger partial charge in [-0.2, -0.15) is 0 Å². The number of hydrogen-bond acceptors (Lipinski definition) is 0. The second-order valence-corrected chi connectivity index (χ2v) is 10.2. The van der Waals surface area contributed by atoms with Crippen LogP contribution in [-0.4, -0.2) is 4.57 Å². The second kappa shape index (κ2) is 7.08. The number of benzene rings is 4. The van der Waals surface area contributed by atoms with Gasteiger partial charge in [0, 0.05) is 21.7 Å². The van der Waals surface area contributed by atoms with Crippen LogP contribution in [0.2, 0.25) is 0 Å². The monoisotopic (exact) mass is 437 g/mol. The Bertz CT molecular complexity index is 1640. The van der Waals surface area contributed by atoms with Gasteiger partial charge in [-0.15, -0.1) is 0 Å². The zero-order valence-corrected chi connectivity index (χ0v) is 19.6. The van der Waals surface area contributed by atoms with Gasteiger partial charge in [0.1, 0.15) is 0 Å². The van der Waals surface area contributed by atoms with E-state index in [1.54, 1.807) is 0 Å². The summed E-state index contributed by atoms with van der Waals surface area (Å²) in [6.07, 6.45) is 8.08. The third-order valence-electron chi connectivity index (χ3n) is 7.93. The first-order valence-corrected chi connectivity index (χ1v) is 12.2. The fraction of sp³-hybridized carbons (Fsp3) is 0.152. The van der Waals surface area contributed by atoms with Crippen molar-refractivity contribution in [2.24, 2.45) is 0 Å². The molecule has 0 saturated carbocycles. The van der Waals surface area contributed by atoms with Crippen LogP contribution >= 0.6 is 0 Å². The summed E-state index contributed by atoms with van der Waals surface area (Å²) in [5, 5.41) is 2.70. The van der Waals surface area contributed by atoms with Crippen molar-refractivity contribution in [2.45, 2.75) is 31.7 Å². The van der Waals surface area contributed by atoms with Crippen molar-refractivity contribution in [2.75, 3.05) is 0 Å². The number of nitrogens with zero attached hydrogens (tertiary/aromatic N) is 1. The largest absolute Gasteiger partial charge is 0.333 e. The topological polar surface area (TPSA) is 4.93 Å². The van der Waals surface area contributed by atoms with E-state index in [1.807, 2.05) is 0 Å². The molecule has 34 heavy (non-hydrogen) atoms. The van der Waals surface area contributed by atoms with Gasteiger partial charge >= 0.3 is 0 Å². The normalized spacial score (nSPS) is 18.2. The first kappa shape index (κ1) is 19.6. The van der Waals surface area contributed by atoms with Gasteiger partial charge in [-0.3, -0.25) is 0 Å². The van der Waals surface area contributed by atoms with Crippen LogP contribution in [0.3, 0.4) is 0 Å². The van der Waals surface area contributed by atoms with Crippen LogP contribution in [0.25, 0.3) is 38.5 Å². The fourth-order valence-corrected chi connectivity index (χ4v) is 6.20. The molecule has 1 nitrogen and oxygen atoms in total. The van der Waals surface area contributed by atoms with Gasteiger partial charge < -0.3 is 4.57 Å². The van der Waals surface area contributed by atoms with E-state index in [1.165, 1.54) is 55.2 Å². The van der Waals surface area contributed by atoms with Crippen LogP contribution in [0.4, 0.5) is 0 Å². The molecule has 2 aliphatic rings. The van der Waals surface area contributed by atoms with E-state index in [9.17, 15) is 0 Å². The summed E-state index contributed by atoms with van der Waals surface area (Å²) in [5.41, 5.74) is 10.9. The number of allylic oxidation sites excluding steroid dienone is 4. The molecule has 7 rings (SSSR count). The lowest BCUT2D eigenvalue weighted by Crippen LogP contribution is -2.15. The number of para-hydroxylation sites is 1. The molecule has 1 heterocycles. The van der Waals surface area contributed by atoms with Crippen LogP contribution in [0.5, 0.6) is 0 Å². The molecule has 0 aliphatic heterocycles. The molecule has 0 radical (unpaired) electrons. The average Bonchev–Trinajstić information content (AvgIpc) is 3.33. The minimum Gasteiger partial charge on any atom is -0.333 e. The summed E-state index contributed by atoms with van der Waals surface area (Å²) >= 11 is 0. The van der Waals surface area contributed by atoms with Crippen LogP contribution in [-0.2, 0) is 5.41 Å². The maximum atomic E-state index is 2.57. The van der Waals surface area contributed by atoms with E-state index in [-0.39, 0.29) is 5.41 Å². The first-order valence-electron chi connectivity index (χ1n) is 12.2. The molecule has 0 spiro atoms. The molecule has 1 heteroatoms. The lowest BCUT2D eigenvalue weighted by molar-refractivity contribution is 0.643. The van der Waals surface area contributed by atoms with Gasteiger partial charge in [0.15, 0.2) is 0 Å². The summed E-state index contributed by atoms with van der Waals surface area (Å²) in [4.78, 5) is 0. The van der Waals surface area contributed by atoms with Crippen LogP contribution < -0.4 is 0 Å². The van der Waals surface area contributed by atoms with E-state index in [2.05, 4.69) is 128 Å². The van der Waals surface area contributed by atoms with E-state index >= 15 is 0 Å². The van der Waals surface area contributed by atoms with Crippen molar-refractivity contribution in [3.05, 3.63) is 126 Å². The highest BCUT2D eigenvalue weighted by Crippen LogP contribution is 2.51. The fourth-order valence-electron chi connectivity index (χ4n) is 6.20. The number of fused-ring (bicyclic) bond motifs is 6. The lowest BCUT2D eigenvalue weighted by atomic mass is 9.82. The van der Waals surface area contributed by atoms with E-state index in [0.29, 0.717) is 6.04 Å². The number of rotatable bonds is 2. The second-order valence-electron chi connectivity index (χ2n) is 10.2. The predicted octanol–water partition coefficient (Wildman–Crippen LogP) is 8.69. The van der Waals surface area contributed by atoms with E-state index in [0.717, 1.165) is 6.42 Å². The predicted molar refractivity (Wildman–Crippen MR) is 144 cm³/mol. The molecular weight excluding hydrogens is 410 g/mol. The van der Waals surface area contributed by atoms with Crippen molar-refractivity contribution in [1.29, 1.82) is 0 Å². The molecule has 0 bridgehead atoms. The van der Waals surface area contributed by atoms with E-state index < -0.39 is 0 Å². The van der Waals surface area contributed by atoms with E-state index in [4.69, 9.17) is 0 Å². The molecule has 1 atom stereocenters. The Labute approximate surface area is 200 Å². The molecule has 164 valence electrons. The molecule has 5 aromatic rings. The quantitative estimate of drug-likeness (QED) is 0.260. The third-order valence-corrected chi connectivity index (χ3v) is 7.93. The van der Waals surface area contributed by atoms with Crippen molar-refractivity contribution in [3.63, 3.8) is 0 Å². The van der Waals surface area contributed by atoms with Crippen LogP contribution in [0, 0.1) is 0 Å². The van der Waals surface area contributed by atoms with Crippen molar-refractivity contribution >= 4 is 27.4 Å². The Morgan fingerprint density at radius 3 is 2.29 bits per heavy atom. The van der Waals surface area contributed by atoms with Crippen molar-refractivity contribution in [3.8, 4) is 11.1 Å². The molecule has 0 N–H and O–H groups in total. The smallest absolute Gasteiger partial charge is 0.0560 e. The van der Waals surface area contributed by atoms with Gasteiger partial charge in [-0.25, -0.2) is 0 Å². The summed E-state index contributed by atoms with van der Waals surface area (Å²) < 4.78 is 2.57. The Kier molecular flexibility index (Phi) is 4.08. The zero-order valence-electron chi connectivity index (χ0n) is 19.6. The third kappa shape index (κ3) is 2.67. The summed E-state index contributed by atoms with van der Waals surface area (Å²) in [5.74, 6) is 0. The van der Waals surface area contributed by atoms with Gasteiger partial charge in [0.2, 0.25) is 0 Å². The summed E-state index contributed by atoms with van der Waals surface area (Å²) in [6, 6.07) is 33.8. The van der Waals surface area contributed by atoms with Gasteiger partial charge in [0.05, 0.1) is 11.6 Å². The highest BCUT2D eigenvalue weighted by atomic mass is 15.0. The molecule has 0 saturated heterocycles. The Morgan fingerprint density at radius 2 is 1.47 bits per heavy atom. The van der Waals surface area contributed by atoms with Gasteiger partial charge in [-0.05, 0) is 58.0 Å². The molecule has 1 aromatic heterocycles. The highest BCUT2D eigenvalue weighted by molar-refractivity contribution is 6.10. The minimum absolute atomic E-state index is 0.00415. The number of aromatic nitrogens is 1. The van der Waals surface area contributed by atoms with Crippen LogP contribution in [0.1, 0.15) is 43.0 Å². The maximum Gasteiger partial charge on any atom is 0.0560 e. The molecule has 2 aliphatic carbocycles. The number of hydrogen-bond donors (Lipinski definition) is 0. The molecule has 0 amide bonds. The van der Waals surface area contributed by atoms with Gasteiger partial charge in [0.25, 0.3) is 0 Å². The Hall–Kier alpha value is -3.84. The van der Waals surface area contributed by atoms with Crippen molar-refractivity contribution < 1.29 is 0 Å². The maximum absolute atomic E-state index is 2.57. The minimum atomic E-state index is 0.00415. The molecule has 0 fully saturated rings. The van der Waals surface area contributed by atoms with Crippen molar-refractivity contribution in [1.82, 2.24) is 4.57 Å². The van der Waals surface area contributed by atoms with Gasteiger partial charge in [-0.1, -0.05) is 105 Å². The Morgan fingerprint density at radius 1 is 0.706 bits per heavy atom. The summed E-state index contributed by atoms with van der Waals surface area (Å²) in [6.45, 7) is 4.73.